The maximum atomic E-state index is 5.71. The molecule has 1 aromatic rings. The van der Waals surface area contributed by atoms with Gasteiger partial charge in [0.1, 0.15) is 0 Å². The Labute approximate surface area is 77.6 Å². The van der Waals surface area contributed by atoms with Crippen LogP contribution in [0, 0.1) is 11.3 Å². The fraction of sp³-hybridized carbons (Fsp3) is 0.600. The minimum absolute atomic E-state index is 0.444. The molecule has 0 aromatic carbocycles. The zero-order valence-corrected chi connectivity index (χ0v) is 8.40. The van der Waals surface area contributed by atoms with Gasteiger partial charge in [0.05, 0.1) is 0 Å². The first kappa shape index (κ1) is 8.27. The fourth-order valence-electron chi connectivity index (χ4n) is 2.22. The highest BCUT2D eigenvalue weighted by molar-refractivity contribution is 7.10. The van der Waals surface area contributed by atoms with Crippen LogP contribution in [0.1, 0.15) is 24.6 Å². The van der Waals surface area contributed by atoms with E-state index in [0.29, 0.717) is 11.3 Å². The molecule has 1 aromatic heterocycles. The van der Waals surface area contributed by atoms with Crippen LogP contribution in [0.4, 0.5) is 0 Å². The summed E-state index contributed by atoms with van der Waals surface area (Å²) in [7, 11) is 0. The van der Waals surface area contributed by atoms with Crippen LogP contribution in [0.3, 0.4) is 0 Å². The summed E-state index contributed by atoms with van der Waals surface area (Å²) in [6, 6.07) is 4.36. The molecule has 1 aliphatic carbocycles. The molecule has 1 saturated carbocycles. The molecule has 0 aliphatic heterocycles. The highest BCUT2D eigenvalue weighted by atomic mass is 32.1. The number of rotatable bonds is 2. The molecule has 0 saturated heterocycles. The van der Waals surface area contributed by atoms with Crippen LogP contribution in [0.2, 0.25) is 0 Å². The van der Waals surface area contributed by atoms with Crippen LogP contribution >= 0.6 is 11.3 Å². The molecule has 0 radical (unpaired) electrons. The Balaban J connectivity index is 2.19. The molecule has 12 heavy (non-hydrogen) atoms. The van der Waals surface area contributed by atoms with Crippen molar-refractivity contribution in [2.75, 3.05) is 6.54 Å². The molecule has 2 atom stereocenters. The second-order valence-electron chi connectivity index (χ2n) is 4.16. The topological polar surface area (TPSA) is 26.0 Å². The standard InChI is InChI=1S/C10H15NS/c1-10(2)7(6-11)9(10)8-4-3-5-12-8/h3-5,7,9H,6,11H2,1-2H3/t7-,9+/m1/s1. The zero-order chi connectivity index (χ0) is 8.77. The molecule has 2 heteroatoms. The Morgan fingerprint density at radius 2 is 2.33 bits per heavy atom. The summed E-state index contributed by atoms with van der Waals surface area (Å²) in [6.07, 6.45) is 0. The van der Waals surface area contributed by atoms with Crippen molar-refractivity contribution in [2.45, 2.75) is 19.8 Å². The summed E-state index contributed by atoms with van der Waals surface area (Å²) < 4.78 is 0. The Morgan fingerprint density at radius 3 is 2.75 bits per heavy atom. The maximum Gasteiger partial charge on any atom is 0.00850 e. The summed E-state index contributed by atoms with van der Waals surface area (Å²) in [6.45, 7) is 5.46. The van der Waals surface area contributed by atoms with Crippen molar-refractivity contribution in [3.63, 3.8) is 0 Å². The van der Waals surface area contributed by atoms with Crippen LogP contribution in [0.15, 0.2) is 17.5 Å². The maximum absolute atomic E-state index is 5.71. The highest BCUT2D eigenvalue weighted by Crippen LogP contribution is 2.64. The van der Waals surface area contributed by atoms with E-state index in [4.69, 9.17) is 5.73 Å². The lowest BCUT2D eigenvalue weighted by atomic mass is 10.1. The quantitative estimate of drug-likeness (QED) is 0.745. The van der Waals surface area contributed by atoms with Crippen LogP contribution in [-0.2, 0) is 0 Å². The van der Waals surface area contributed by atoms with Crippen molar-refractivity contribution in [2.24, 2.45) is 17.1 Å². The third-order valence-electron chi connectivity index (χ3n) is 3.15. The number of nitrogens with two attached hydrogens (primary N) is 1. The van der Waals surface area contributed by atoms with E-state index in [9.17, 15) is 0 Å². The average molecular weight is 181 g/mol. The Bertz CT molecular complexity index is 263. The molecule has 0 unspecified atom stereocenters. The number of hydrogen-bond donors (Lipinski definition) is 1. The zero-order valence-electron chi connectivity index (χ0n) is 7.58. The Hall–Kier alpha value is -0.340. The van der Waals surface area contributed by atoms with E-state index in [-0.39, 0.29) is 0 Å². The van der Waals surface area contributed by atoms with Gasteiger partial charge in [-0.3, -0.25) is 0 Å². The van der Waals surface area contributed by atoms with E-state index >= 15 is 0 Å². The van der Waals surface area contributed by atoms with Crippen molar-refractivity contribution in [3.8, 4) is 0 Å². The van der Waals surface area contributed by atoms with Gasteiger partial charge in [0.15, 0.2) is 0 Å². The summed E-state index contributed by atoms with van der Waals surface area (Å²) in [5.74, 6) is 1.43. The van der Waals surface area contributed by atoms with Gasteiger partial charge in [-0.2, -0.15) is 0 Å². The van der Waals surface area contributed by atoms with Gasteiger partial charge in [0.2, 0.25) is 0 Å². The van der Waals surface area contributed by atoms with E-state index in [1.807, 2.05) is 11.3 Å². The Kier molecular flexibility index (Phi) is 1.77. The Morgan fingerprint density at radius 1 is 1.58 bits per heavy atom. The molecule has 0 bridgehead atoms. The normalized spacial score (nSPS) is 31.9. The lowest BCUT2D eigenvalue weighted by molar-refractivity contribution is 0.559. The predicted octanol–water partition coefficient (Wildman–Crippen LogP) is 2.45. The monoisotopic (exact) mass is 181 g/mol. The molecule has 1 nitrogen and oxygen atoms in total. The molecule has 2 rings (SSSR count). The summed E-state index contributed by atoms with van der Waals surface area (Å²) in [5.41, 5.74) is 6.15. The smallest absolute Gasteiger partial charge is 0.00850 e. The second-order valence-corrected chi connectivity index (χ2v) is 5.14. The molecule has 66 valence electrons. The van der Waals surface area contributed by atoms with Gasteiger partial charge in [-0.25, -0.2) is 0 Å². The number of thiophene rings is 1. The summed E-state index contributed by atoms with van der Waals surface area (Å²) >= 11 is 1.86. The third-order valence-corrected chi connectivity index (χ3v) is 4.11. The van der Waals surface area contributed by atoms with Gasteiger partial charge < -0.3 is 5.73 Å². The minimum Gasteiger partial charge on any atom is -0.330 e. The SMILES string of the molecule is CC1(C)[C@H](CN)[C@H]1c1cccs1. The first-order valence-corrected chi connectivity index (χ1v) is 5.29. The van der Waals surface area contributed by atoms with Gasteiger partial charge in [-0.1, -0.05) is 19.9 Å². The molecule has 0 amide bonds. The van der Waals surface area contributed by atoms with Gasteiger partial charge in [0.25, 0.3) is 0 Å². The molecule has 1 fully saturated rings. The van der Waals surface area contributed by atoms with Crippen molar-refractivity contribution >= 4 is 11.3 Å². The highest BCUT2D eigenvalue weighted by Gasteiger charge is 2.57. The van der Waals surface area contributed by atoms with Crippen LogP contribution in [-0.4, -0.2) is 6.54 Å². The number of hydrogen-bond acceptors (Lipinski definition) is 2. The van der Waals surface area contributed by atoms with Gasteiger partial charge in [-0.05, 0) is 29.3 Å². The molecule has 1 heterocycles. The van der Waals surface area contributed by atoms with Gasteiger partial charge in [0, 0.05) is 10.8 Å². The summed E-state index contributed by atoms with van der Waals surface area (Å²) in [4.78, 5) is 1.51. The van der Waals surface area contributed by atoms with Crippen molar-refractivity contribution in [1.82, 2.24) is 0 Å². The molecule has 0 spiro atoms. The largest absolute Gasteiger partial charge is 0.330 e. The van der Waals surface area contributed by atoms with E-state index in [2.05, 4.69) is 31.4 Å². The van der Waals surface area contributed by atoms with E-state index < -0.39 is 0 Å². The van der Waals surface area contributed by atoms with Gasteiger partial charge in [-0.15, -0.1) is 11.3 Å². The lowest BCUT2D eigenvalue weighted by Crippen LogP contribution is -2.05. The van der Waals surface area contributed by atoms with E-state index in [1.54, 1.807) is 0 Å². The molecule has 1 aliphatic rings. The van der Waals surface area contributed by atoms with E-state index in [0.717, 1.165) is 12.5 Å². The van der Waals surface area contributed by atoms with Crippen LogP contribution in [0.25, 0.3) is 0 Å². The average Bonchev–Trinajstić information content (AvgIpc) is 2.50. The van der Waals surface area contributed by atoms with Crippen molar-refractivity contribution in [1.29, 1.82) is 0 Å². The predicted molar refractivity (Wildman–Crippen MR) is 53.4 cm³/mol. The fourth-order valence-corrected chi connectivity index (χ4v) is 3.30. The van der Waals surface area contributed by atoms with Gasteiger partial charge >= 0.3 is 0 Å². The molecular formula is C10H15NS. The molecule has 2 N–H and O–H groups in total. The van der Waals surface area contributed by atoms with Crippen molar-refractivity contribution < 1.29 is 0 Å². The molecular weight excluding hydrogens is 166 g/mol. The van der Waals surface area contributed by atoms with Crippen LogP contribution in [0.5, 0.6) is 0 Å². The summed E-state index contributed by atoms with van der Waals surface area (Å²) in [5, 5.41) is 2.15. The van der Waals surface area contributed by atoms with E-state index in [1.165, 1.54) is 4.88 Å². The lowest BCUT2D eigenvalue weighted by Gasteiger charge is -1.98. The third kappa shape index (κ3) is 1.02. The van der Waals surface area contributed by atoms with Crippen molar-refractivity contribution in [3.05, 3.63) is 22.4 Å². The van der Waals surface area contributed by atoms with Crippen LogP contribution < -0.4 is 5.73 Å². The first-order chi connectivity index (χ1) is 5.68. The second kappa shape index (κ2) is 2.57. The first-order valence-electron chi connectivity index (χ1n) is 4.41. The minimum atomic E-state index is 0.444.